The van der Waals surface area contributed by atoms with Crippen LogP contribution in [-0.4, -0.2) is 43.4 Å². The highest BCUT2D eigenvalue weighted by Gasteiger charge is 2.17. The summed E-state index contributed by atoms with van der Waals surface area (Å²) in [5, 5.41) is 7.78. The molecule has 140 valence electrons. The van der Waals surface area contributed by atoms with E-state index in [0.717, 1.165) is 4.47 Å². The molecule has 0 unspecified atom stereocenters. The van der Waals surface area contributed by atoms with E-state index in [4.69, 9.17) is 5.73 Å². The Labute approximate surface area is 162 Å². The topological polar surface area (TPSA) is 113 Å². The van der Waals surface area contributed by atoms with Crippen LogP contribution in [0.4, 0.5) is 0 Å². The van der Waals surface area contributed by atoms with Crippen LogP contribution < -0.4 is 21.7 Å². The van der Waals surface area contributed by atoms with Gasteiger partial charge in [-0.3, -0.25) is 14.4 Å². The van der Waals surface area contributed by atoms with Crippen molar-refractivity contribution >= 4 is 46.1 Å². The summed E-state index contributed by atoms with van der Waals surface area (Å²) < 4.78 is 0.894. The van der Waals surface area contributed by atoms with Crippen LogP contribution in [0.2, 0.25) is 0 Å². The van der Waals surface area contributed by atoms with Crippen molar-refractivity contribution < 1.29 is 14.4 Å². The van der Waals surface area contributed by atoms with Crippen molar-refractivity contribution in [2.45, 2.75) is 19.9 Å². The van der Waals surface area contributed by atoms with Crippen LogP contribution in [-0.2, 0) is 9.59 Å². The monoisotopic (exact) mass is 434 g/mol. The van der Waals surface area contributed by atoms with Gasteiger partial charge in [-0.1, -0.05) is 29.8 Å². The first-order chi connectivity index (χ1) is 11.3. The predicted molar refractivity (Wildman–Crippen MR) is 103 cm³/mol. The fourth-order valence-electron chi connectivity index (χ4n) is 1.73. The third-order valence-electron chi connectivity index (χ3n) is 3.28. The molecule has 1 aromatic carbocycles. The molecule has 0 heterocycles. The van der Waals surface area contributed by atoms with E-state index < -0.39 is 6.04 Å². The summed E-state index contributed by atoms with van der Waals surface area (Å²) in [6, 6.07) is 6.32. The summed E-state index contributed by atoms with van der Waals surface area (Å²) in [6.45, 7) is 4.09. The van der Waals surface area contributed by atoms with Gasteiger partial charge >= 0.3 is 0 Å². The van der Waals surface area contributed by atoms with Gasteiger partial charge in [0.1, 0.15) is 0 Å². The Morgan fingerprint density at radius 2 is 1.60 bits per heavy atom. The second-order valence-corrected chi connectivity index (χ2v) is 6.52. The summed E-state index contributed by atoms with van der Waals surface area (Å²) >= 11 is 3.30. The molecule has 0 aliphatic rings. The standard InChI is InChI=1S/C16H23BrN4O3.ClH/c1-10(2)14(18)16(24)21-9-13(22)19-7-8-20-15(23)11-3-5-12(17)6-4-11;/h3-6,10,14H,7-9,18H2,1-2H3,(H,19,22)(H,20,23)(H,21,24);1H/t14-;/m0./s1. The van der Waals surface area contributed by atoms with E-state index >= 15 is 0 Å². The molecule has 0 aliphatic heterocycles. The molecule has 1 rings (SSSR count). The number of carbonyl (C=O) groups is 3. The zero-order valence-electron chi connectivity index (χ0n) is 14.2. The van der Waals surface area contributed by atoms with Crippen LogP contribution in [0.5, 0.6) is 0 Å². The lowest BCUT2D eigenvalue weighted by Crippen LogP contribution is -2.47. The fraction of sp³-hybridized carbons (Fsp3) is 0.438. The highest BCUT2D eigenvalue weighted by molar-refractivity contribution is 9.10. The van der Waals surface area contributed by atoms with Crippen LogP contribution in [0.15, 0.2) is 28.7 Å². The highest BCUT2D eigenvalue weighted by atomic mass is 79.9. The zero-order valence-corrected chi connectivity index (χ0v) is 16.6. The van der Waals surface area contributed by atoms with E-state index in [-0.39, 0.29) is 49.1 Å². The Morgan fingerprint density at radius 3 is 2.16 bits per heavy atom. The van der Waals surface area contributed by atoms with Gasteiger partial charge in [-0.15, -0.1) is 12.4 Å². The van der Waals surface area contributed by atoms with Crippen molar-refractivity contribution in [2.24, 2.45) is 11.7 Å². The normalized spacial score (nSPS) is 11.2. The number of hydrogen-bond donors (Lipinski definition) is 4. The first-order valence-corrected chi connectivity index (χ1v) is 8.44. The summed E-state index contributed by atoms with van der Waals surface area (Å²) in [7, 11) is 0. The number of hydrogen-bond acceptors (Lipinski definition) is 4. The van der Waals surface area contributed by atoms with Crippen molar-refractivity contribution in [1.29, 1.82) is 0 Å². The van der Waals surface area contributed by atoms with E-state index in [1.807, 2.05) is 13.8 Å². The SMILES string of the molecule is CC(C)[C@H](N)C(=O)NCC(=O)NCCNC(=O)c1ccc(Br)cc1.Cl. The van der Waals surface area contributed by atoms with Crippen molar-refractivity contribution in [3.8, 4) is 0 Å². The minimum Gasteiger partial charge on any atom is -0.353 e. The number of nitrogens with one attached hydrogen (secondary N) is 3. The minimum atomic E-state index is -0.636. The molecule has 0 bridgehead atoms. The Balaban J connectivity index is 0.00000576. The van der Waals surface area contributed by atoms with Crippen LogP contribution >= 0.6 is 28.3 Å². The number of benzene rings is 1. The summed E-state index contributed by atoms with van der Waals surface area (Å²) in [6.07, 6.45) is 0. The molecule has 1 atom stereocenters. The van der Waals surface area contributed by atoms with Crippen LogP contribution in [0.1, 0.15) is 24.2 Å². The Morgan fingerprint density at radius 1 is 1.04 bits per heavy atom. The Hall–Kier alpha value is -1.64. The van der Waals surface area contributed by atoms with E-state index in [0.29, 0.717) is 12.1 Å². The lowest BCUT2D eigenvalue weighted by molar-refractivity contribution is -0.127. The van der Waals surface area contributed by atoms with Gasteiger partial charge in [-0.25, -0.2) is 0 Å². The lowest BCUT2D eigenvalue weighted by atomic mass is 10.1. The van der Waals surface area contributed by atoms with Crippen molar-refractivity contribution in [3.05, 3.63) is 34.3 Å². The molecule has 5 N–H and O–H groups in total. The smallest absolute Gasteiger partial charge is 0.251 e. The van der Waals surface area contributed by atoms with Gasteiger partial charge in [0.2, 0.25) is 11.8 Å². The van der Waals surface area contributed by atoms with Gasteiger partial charge in [0.25, 0.3) is 5.91 Å². The van der Waals surface area contributed by atoms with Gasteiger partial charge in [-0.05, 0) is 30.2 Å². The molecular weight excluding hydrogens is 412 g/mol. The maximum Gasteiger partial charge on any atom is 0.251 e. The summed E-state index contributed by atoms with van der Waals surface area (Å²) in [4.78, 5) is 35.1. The highest BCUT2D eigenvalue weighted by Crippen LogP contribution is 2.10. The van der Waals surface area contributed by atoms with Gasteiger partial charge in [-0.2, -0.15) is 0 Å². The Bertz CT molecular complexity index is 581. The minimum absolute atomic E-state index is 0. The second-order valence-electron chi connectivity index (χ2n) is 5.60. The van der Waals surface area contributed by atoms with E-state index in [1.54, 1.807) is 24.3 Å². The molecule has 0 spiro atoms. The molecule has 0 aliphatic carbocycles. The maximum absolute atomic E-state index is 11.8. The fourth-order valence-corrected chi connectivity index (χ4v) is 2.00. The molecule has 1 aromatic rings. The summed E-state index contributed by atoms with van der Waals surface area (Å²) in [5.41, 5.74) is 6.21. The zero-order chi connectivity index (χ0) is 18.1. The van der Waals surface area contributed by atoms with E-state index in [1.165, 1.54) is 0 Å². The predicted octanol–water partition coefficient (Wildman–Crippen LogP) is 0.816. The molecular formula is C16H24BrClN4O3. The Kier molecular flexibility index (Phi) is 11.1. The van der Waals surface area contributed by atoms with Gasteiger partial charge in [0.05, 0.1) is 12.6 Å². The second kappa shape index (κ2) is 11.8. The first kappa shape index (κ1) is 23.4. The maximum atomic E-state index is 11.8. The summed E-state index contributed by atoms with van der Waals surface area (Å²) in [5.74, 6) is -0.907. The van der Waals surface area contributed by atoms with Gasteiger partial charge < -0.3 is 21.7 Å². The number of nitrogens with two attached hydrogens (primary N) is 1. The first-order valence-electron chi connectivity index (χ1n) is 7.65. The van der Waals surface area contributed by atoms with Gasteiger partial charge in [0, 0.05) is 23.1 Å². The molecule has 0 fully saturated rings. The molecule has 0 saturated carbocycles. The van der Waals surface area contributed by atoms with Crippen molar-refractivity contribution in [3.63, 3.8) is 0 Å². The van der Waals surface area contributed by atoms with Crippen LogP contribution in [0, 0.1) is 5.92 Å². The average Bonchev–Trinajstić information content (AvgIpc) is 2.56. The van der Waals surface area contributed by atoms with Crippen molar-refractivity contribution in [2.75, 3.05) is 19.6 Å². The molecule has 0 aromatic heterocycles. The van der Waals surface area contributed by atoms with Gasteiger partial charge in [0.15, 0.2) is 0 Å². The number of amides is 3. The van der Waals surface area contributed by atoms with E-state index in [9.17, 15) is 14.4 Å². The molecule has 0 saturated heterocycles. The van der Waals surface area contributed by atoms with Crippen LogP contribution in [0.25, 0.3) is 0 Å². The third-order valence-corrected chi connectivity index (χ3v) is 3.81. The molecule has 9 heteroatoms. The number of halogens is 2. The van der Waals surface area contributed by atoms with Crippen LogP contribution in [0.3, 0.4) is 0 Å². The number of rotatable bonds is 8. The molecule has 7 nitrogen and oxygen atoms in total. The largest absolute Gasteiger partial charge is 0.353 e. The average molecular weight is 436 g/mol. The third kappa shape index (κ3) is 8.85. The molecule has 3 amide bonds. The molecule has 0 radical (unpaired) electrons. The quantitative estimate of drug-likeness (QED) is 0.453. The lowest BCUT2D eigenvalue weighted by Gasteiger charge is -2.15. The number of carbonyl (C=O) groups excluding carboxylic acids is 3. The van der Waals surface area contributed by atoms with E-state index in [2.05, 4.69) is 31.9 Å². The molecule has 25 heavy (non-hydrogen) atoms. The van der Waals surface area contributed by atoms with Crippen molar-refractivity contribution in [1.82, 2.24) is 16.0 Å².